The van der Waals surface area contributed by atoms with Crippen LogP contribution in [0.25, 0.3) is 0 Å². The maximum Gasteiger partial charge on any atom is 0.407 e. The largest absolute Gasteiger partial charge is 0.481 e. The molecule has 0 aromatic carbocycles. The summed E-state index contributed by atoms with van der Waals surface area (Å²) < 4.78 is 5.25. The van der Waals surface area contributed by atoms with E-state index in [2.05, 4.69) is 19.2 Å². The third-order valence-corrected chi connectivity index (χ3v) is 6.85. The lowest BCUT2D eigenvalue weighted by Crippen LogP contribution is -2.32. The van der Waals surface area contributed by atoms with Crippen LogP contribution in [-0.4, -0.2) is 29.3 Å². The summed E-state index contributed by atoms with van der Waals surface area (Å²) in [6, 6.07) is 0. The molecule has 0 saturated heterocycles. The van der Waals surface area contributed by atoms with Crippen molar-refractivity contribution in [1.82, 2.24) is 5.32 Å². The zero-order valence-electron chi connectivity index (χ0n) is 24.0. The number of carbonyl (C=O) groups is 2. The SMILES string of the molecule is CCCCCCCCC(CCCCCCCC)C(CCCCCCNC(=O)OC(C)(C)C)C(=O)O. The van der Waals surface area contributed by atoms with Crippen molar-refractivity contribution in [3.63, 3.8) is 0 Å². The highest BCUT2D eigenvalue weighted by atomic mass is 16.6. The van der Waals surface area contributed by atoms with E-state index >= 15 is 0 Å². The molecule has 0 aliphatic carbocycles. The Morgan fingerprint density at radius 1 is 0.686 bits per heavy atom. The zero-order valence-corrected chi connectivity index (χ0v) is 24.0. The van der Waals surface area contributed by atoms with Gasteiger partial charge >= 0.3 is 12.1 Å². The van der Waals surface area contributed by atoms with Crippen LogP contribution in [0.5, 0.6) is 0 Å². The number of nitrogens with one attached hydrogen (secondary N) is 1. The Balaban J connectivity index is 4.41. The van der Waals surface area contributed by atoms with Crippen molar-refractivity contribution in [2.24, 2.45) is 11.8 Å². The predicted molar refractivity (Wildman–Crippen MR) is 148 cm³/mol. The van der Waals surface area contributed by atoms with Gasteiger partial charge in [0.1, 0.15) is 5.60 Å². The van der Waals surface area contributed by atoms with Gasteiger partial charge in [-0.3, -0.25) is 4.79 Å². The molecule has 35 heavy (non-hydrogen) atoms. The number of ether oxygens (including phenoxy) is 1. The molecule has 0 saturated carbocycles. The minimum absolute atomic E-state index is 0.207. The molecule has 5 heteroatoms. The molecule has 0 bridgehead atoms. The molecule has 0 heterocycles. The molecule has 0 aliphatic heterocycles. The molecule has 0 fully saturated rings. The lowest BCUT2D eigenvalue weighted by molar-refractivity contribution is -0.144. The number of carboxylic acids is 1. The summed E-state index contributed by atoms with van der Waals surface area (Å²) in [5.74, 6) is -0.488. The van der Waals surface area contributed by atoms with Gasteiger partial charge in [0.25, 0.3) is 0 Å². The molecule has 0 radical (unpaired) electrons. The first-order valence-corrected chi connectivity index (χ1v) is 14.9. The Hall–Kier alpha value is -1.26. The normalized spacial score (nSPS) is 12.6. The van der Waals surface area contributed by atoms with E-state index < -0.39 is 11.6 Å². The van der Waals surface area contributed by atoms with Crippen molar-refractivity contribution in [3.8, 4) is 0 Å². The second-order valence-electron chi connectivity index (χ2n) is 11.4. The predicted octanol–water partition coefficient (Wildman–Crippen LogP) is 9.28. The minimum atomic E-state index is -0.599. The van der Waals surface area contributed by atoms with Gasteiger partial charge in [-0.2, -0.15) is 0 Å². The van der Waals surface area contributed by atoms with Gasteiger partial charge in [0.15, 0.2) is 0 Å². The van der Waals surface area contributed by atoms with Gasteiger partial charge in [-0.1, -0.05) is 110 Å². The van der Waals surface area contributed by atoms with E-state index in [0.29, 0.717) is 12.5 Å². The van der Waals surface area contributed by atoms with Crippen LogP contribution in [0, 0.1) is 11.8 Å². The van der Waals surface area contributed by atoms with Crippen molar-refractivity contribution in [2.75, 3.05) is 6.54 Å². The monoisotopic (exact) mass is 497 g/mol. The molecule has 1 atom stereocenters. The van der Waals surface area contributed by atoms with Crippen molar-refractivity contribution >= 4 is 12.1 Å². The molecule has 5 nitrogen and oxygen atoms in total. The fourth-order valence-electron chi connectivity index (χ4n) is 4.83. The minimum Gasteiger partial charge on any atom is -0.481 e. The first kappa shape index (κ1) is 33.7. The number of carbonyl (C=O) groups excluding carboxylic acids is 1. The third-order valence-electron chi connectivity index (χ3n) is 6.85. The van der Waals surface area contributed by atoms with Gasteiger partial charge in [0, 0.05) is 6.54 Å². The Kier molecular flexibility index (Phi) is 21.2. The number of rotatable bonds is 23. The van der Waals surface area contributed by atoms with Crippen LogP contribution in [0.1, 0.15) is 157 Å². The number of hydrogen-bond acceptors (Lipinski definition) is 3. The first-order valence-electron chi connectivity index (χ1n) is 14.9. The number of aliphatic carboxylic acids is 1. The lowest BCUT2D eigenvalue weighted by Gasteiger charge is -2.24. The Labute approximate surface area is 217 Å². The van der Waals surface area contributed by atoms with Gasteiger partial charge in [0.2, 0.25) is 0 Å². The number of unbranched alkanes of at least 4 members (excludes halogenated alkanes) is 13. The van der Waals surface area contributed by atoms with Gasteiger partial charge < -0.3 is 15.2 Å². The highest BCUT2D eigenvalue weighted by Crippen LogP contribution is 2.30. The molecule has 2 N–H and O–H groups in total. The number of carboxylic acid groups (broad SMARTS) is 1. The summed E-state index contributed by atoms with van der Waals surface area (Å²) in [4.78, 5) is 23.9. The average molecular weight is 498 g/mol. The van der Waals surface area contributed by atoms with E-state index in [1.807, 2.05) is 20.8 Å². The quantitative estimate of drug-likeness (QED) is 0.138. The highest BCUT2D eigenvalue weighted by molar-refractivity contribution is 5.70. The van der Waals surface area contributed by atoms with Crippen LogP contribution in [0.15, 0.2) is 0 Å². The van der Waals surface area contributed by atoms with Crippen molar-refractivity contribution < 1.29 is 19.4 Å². The number of amides is 1. The zero-order chi connectivity index (χ0) is 26.4. The summed E-state index contributed by atoms with van der Waals surface area (Å²) in [7, 11) is 0. The first-order chi connectivity index (χ1) is 16.7. The molecule has 208 valence electrons. The smallest absolute Gasteiger partial charge is 0.407 e. The van der Waals surface area contributed by atoms with Crippen LogP contribution in [0.3, 0.4) is 0 Å². The Bertz CT molecular complexity index is 499. The van der Waals surface area contributed by atoms with Gasteiger partial charge in [0.05, 0.1) is 5.92 Å². The van der Waals surface area contributed by atoms with Gasteiger partial charge in [-0.05, 0) is 52.4 Å². The molecular formula is C30H59NO4. The van der Waals surface area contributed by atoms with E-state index in [9.17, 15) is 14.7 Å². The number of alkyl carbamates (subject to hydrolysis) is 1. The summed E-state index contributed by atoms with van der Waals surface area (Å²) in [5, 5.41) is 12.8. The molecule has 1 unspecified atom stereocenters. The van der Waals surface area contributed by atoms with E-state index in [-0.39, 0.29) is 12.0 Å². The van der Waals surface area contributed by atoms with E-state index in [4.69, 9.17) is 4.74 Å². The van der Waals surface area contributed by atoms with Crippen LogP contribution in [0.2, 0.25) is 0 Å². The molecule has 0 aromatic heterocycles. The van der Waals surface area contributed by atoms with Crippen LogP contribution < -0.4 is 5.32 Å². The van der Waals surface area contributed by atoms with E-state index in [1.165, 1.54) is 77.0 Å². The average Bonchev–Trinajstić information content (AvgIpc) is 2.77. The Morgan fingerprint density at radius 3 is 1.57 bits per heavy atom. The second kappa shape index (κ2) is 22.0. The van der Waals surface area contributed by atoms with Gasteiger partial charge in [-0.15, -0.1) is 0 Å². The van der Waals surface area contributed by atoms with Crippen LogP contribution in [0.4, 0.5) is 4.79 Å². The fourth-order valence-corrected chi connectivity index (χ4v) is 4.83. The maximum absolute atomic E-state index is 12.2. The molecular weight excluding hydrogens is 438 g/mol. The Morgan fingerprint density at radius 2 is 1.11 bits per heavy atom. The summed E-state index contributed by atoms with van der Waals surface area (Å²) in [6.07, 6.45) is 21.6. The second-order valence-corrected chi connectivity index (χ2v) is 11.4. The molecule has 0 aromatic rings. The molecule has 1 amide bonds. The fraction of sp³-hybridized carbons (Fsp3) is 0.933. The lowest BCUT2D eigenvalue weighted by atomic mass is 9.80. The topological polar surface area (TPSA) is 75.6 Å². The van der Waals surface area contributed by atoms with Gasteiger partial charge in [-0.25, -0.2) is 4.79 Å². The number of hydrogen-bond donors (Lipinski definition) is 2. The van der Waals surface area contributed by atoms with Crippen molar-refractivity contribution in [3.05, 3.63) is 0 Å². The molecule has 0 rings (SSSR count). The third kappa shape index (κ3) is 21.7. The summed E-state index contributed by atoms with van der Waals surface area (Å²) >= 11 is 0. The summed E-state index contributed by atoms with van der Waals surface area (Å²) in [6.45, 7) is 10.7. The molecule has 0 aliphatic rings. The van der Waals surface area contributed by atoms with Crippen molar-refractivity contribution in [1.29, 1.82) is 0 Å². The van der Waals surface area contributed by atoms with Crippen molar-refractivity contribution in [2.45, 2.75) is 162 Å². The molecule has 0 spiro atoms. The standard InChI is InChI=1S/C30H59NO4/c1-6-8-10-12-14-18-22-26(23-19-15-13-11-9-7-2)27(28(32)33)24-20-16-17-21-25-31-29(34)35-30(3,4)5/h26-27H,6-25H2,1-5H3,(H,31,34)(H,32,33). The van der Waals surface area contributed by atoms with E-state index in [0.717, 1.165) is 44.9 Å². The maximum atomic E-state index is 12.2. The van der Waals surface area contributed by atoms with Crippen LogP contribution >= 0.6 is 0 Å². The van der Waals surface area contributed by atoms with Crippen LogP contribution in [-0.2, 0) is 9.53 Å². The highest BCUT2D eigenvalue weighted by Gasteiger charge is 2.27. The van der Waals surface area contributed by atoms with E-state index in [1.54, 1.807) is 0 Å². The summed E-state index contributed by atoms with van der Waals surface area (Å²) in [5.41, 5.74) is -0.475.